The summed E-state index contributed by atoms with van der Waals surface area (Å²) < 4.78 is 1.62. The Bertz CT molecular complexity index is 399. The molecule has 1 fully saturated rings. The van der Waals surface area contributed by atoms with Crippen LogP contribution in [0.25, 0.3) is 0 Å². The number of amides is 1. The highest BCUT2D eigenvalue weighted by Gasteiger charge is 2.29. The second kappa shape index (κ2) is 5.95. The van der Waals surface area contributed by atoms with Crippen molar-refractivity contribution < 1.29 is 4.79 Å². The smallest absolute Gasteiger partial charge is 0.244 e. The highest BCUT2D eigenvalue weighted by Crippen LogP contribution is 2.25. The number of hydrogen-bond donors (Lipinski definition) is 1. The van der Waals surface area contributed by atoms with Crippen LogP contribution in [0.5, 0.6) is 0 Å². The summed E-state index contributed by atoms with van der Waals surface area (Å²) >= 11 is 0. The average molecular weight is 251 g/mol. The van der Waals surface area contributed by atoms with Crippen LogP contribution in [-0.2, 0) is 17.9 Å². The van der Waals surface area contributed by atoms with Gasteiger partial charge in [-0.25, -0.2) is 4.68 Å². The molecule has 6 heteroatoms. The Morgan fingerprint density at radius 1 is 1.61 bits per heavy atom. The molecule has 0 saturated heterocycles. The van der Waals surface area contributed by atoms with Crippen LogP contribution in [0.3, 0.4) is 0 Å². The van der Waals surface area contributed by atoms with E-state index in [1.54, 1.807) is 4.68 Å². The first-order valence-electron chi connectivity index (χ1n) is 6.56. The van der Waals surface area contributed by atoms with Crippen LogP contribution in [0.15, 0.2) is 6.20 Å². The van der Waals surface area contributed by atoms with E-state index in [1.807, 2.05) is 18.1 Å². The number of nitrogens with zero attached hydrogens (tertiary/aromatic N) is 4. The molecular weight excluding hydrogens is 230 g/mol. The summed E-state index contributed by atoms with van der Waals surface area (Å²) in [5, 5.41) is 11.3. The van der Waals surface area contributed by atoms with Gasteiger partial charge in [-0.1, -0.05) is 12.1 Å². The maximum absolute atomic E-state index is 11.9. The summed E-state index contributed by atoms with van der Waals surface area (Å²) in [5.41, 5.74) is 0.880. The first-order valence-corrected chi connectivity index (χ1v) is 6.56. The topological polar surface area (TPSA) is 63.1 Å². The van der Waals surface area contributed by atoms with Crippen molar-refractivity contribution in [3.63, 3.8) is 0 Å². The molecule has 1 amide bonds. The van der Waals surface area contributed by atoms with Gasteiger partial charge in [0.1, 0.15) is 6.54 Å². The number of likely N-dealkylation sites (N-methyl/N-ethyl adjacent to an activating group) is 1. The molecule has 0 aromatic carbocycles. The molecule has 0 unspecified atom stereocenters. The maximum Gasteiger partial charge on any atom is 0.244 e. The Hall–Kier alpha value is -1.43. The van der Waals surface area contributed by atoms with E-state index in [0.29, 0.717) is 12.6 Å². The fourth-order valence-corrected chi connectivity index (χ4v) is 1.81. The Morgan fingerprint density at radius 3 is 3.06 bits per heavy atom. The fraction of sp³-hybridized carbons (Fsp3) is 0.750. The van der Waals surface area contributed by atoms with Crippen LogP contribution >= 0.6 is 0 Å². The lowest BCUT2D eigenvalue weighted by molar-refractivity contribution is -0.131. The minimum absolute atomic E-state index is 0.107. The Kier molecular flexibility index (Phi) is 4.30. The van der Waals surface area contributed by atoms with Crippen molar-refractivity contribution in [1.29, 1.82) is 0 Å². The molecule has 2 rings (SSSR count). The van der Waals surface area contributed by atoms with Crippen molar-refractivity contribution in [3.05, 3.63) is 11.9 Å². The maximum atomic E-state index is 11.9. The standard InChI is InChI=1S/C12H21N5O/c1-3-6-13-7-10-8-17(15-14-10)9-12(18)16(2)11-4-5-11/h8,11,13H,3-7,9H2,1-2H3. The minimum Gasteiger partial charge on any atom is -0.341 e. The van der Waals surface area contributed by atoms with E-state index < -0.39 is 0 Å². The summed E-state index contributed by atoms with van der Waals surface area (Å²) in [7, 11) is 1.86. The van der Waals surface area contributed by atoms with Crippen molar-refractivity contribution in [2.24, 2.45) is 0 Å². The molecule has 18 heavy (non-hydrogen) atoms. The summed E-state index contributed by atoms with van der Waals surface area (Å²) in [6.45, 7) is 4.08. The van der Waals surface area contributed by atoms with Crippen LogP contribution in [-0.4, -0.2) is 45.4 Å². The van der Waals surface area contributed by atoms with Crippen LogP contribution < -0.4 is 5.32 Å². The molecule has 0 radical (unpaired) electrons. The first kappa shape index (κ1) is 13.0. The molecule has 0 spiro atoms. The molecule has 1 aromatic rings. The van der Waals surface area contributed by atoms with Crippen molar-refractivity contribution >= 4 is 5.91 Å². The highest BCUT2D eigenvalue weighted by molar-refractivity contribution is 5.76. The Morgan fingerprint density at radius 2 is 2.39 bits per heavy atom. The van der Waals surface area contributed by atoms with E-state index in [0.717, 1.165) is 31.5 Å². The average Bonchev–Trinajstić information content (AvgIpc) is 3.11. The molecule has 1 aliphatic rings. The van der Waals surface area contributed by atoms with Gasteiger partial charge in [-0.2, -0.15) is 0 Å². The quantitative estimate of drug-likeness (QED) is 0.712. The van der Waals surface area contributed by atoms with Gasteiger partial charge in [0.05, 0.1) is 11.9 Å². The lowest BCUT2D eigenvalue weighted by Gasteiger charge is -2.15. The van der Waals surface area contributed by atoms with Crippen LogP contribution in [0.1, 0.15) is 31.9 Å². The van der Waals surface area contributed by atoms with Crippen LogP contribution in [0, 0.1) is 0 Å². The number of carbonyl (C=O) groups is 1. The van der Waals surface area contributed by atoms with Gasteiger partial charge >= 0.3 is 0 Å². The number of rotatable bonds is 7. The van der Waals surface area contributed by atoms with E-state index in [9.17, 15) is 4.79 Å². The van der Waals surface area contributed by atoms with Crippen molar-refractivity contribution in [3.8, 4) is 0 Å². The normalized spacial score (nSPS) is 14.8. The molecule has 0 atom stereocenters. The van der Waals surface area contributed by atoms with Gasteiger partial charge in [0.15, 0.2) is 0 Å². The van der Waals surface area contributed by atoms with Crippen molar-refractivity contribution in [2.75, 3.05) is 13.6 Å². The van der Waals surface area contributed by atoms with E-state index in [-0.39, 0.29) is 12.5 Å². The Balaban J connectivity index is 1.80. The van der Waals surface area contributed by atoms with Crippen molar-refractivity contribution in [2.45, 2.75) is 45.3 Å². The third-order valence-electron chi connectivity index (χ3n) is 3.10. The molecular formula is C12H21N5O. The molecule has 6 nitrogen and oxygen atoms in total. The van der Waals surface area contributed by atoms with E-state index in [4.69, 9.17) is 0 Å². The minimum atomic E-state index is 0.107. The fourth-order valence-electron chi connectivity index (χ4n) is 1.81. The van der Waals surface area contributed by atoms with Gasteiger partial charge in [0.2, 0.25) is 5.91 Å². The zero-order chi connectivity index (χ0) is 13.0. The molecule has 1 heterocycles. The third kappa shape index (κ3) is 3.53. The largest absolute Gasteiger partial charge is 0.341 e. The predicted octanol–water partition coefficient (Wildman–Crippen LogP) is 0.398. The summed E-state index contributed by atoms with van der Waals surface area (Å²) in [6.07, 6.45) is 5.19. The molecule has 1 saturated carbocycles. The van der Waals surface area contributed by atoms with E-state index in [2.05, 4.69) is 22.6 Å². The molecule has 0 bridgehead atoms. The number of aromatic nitrogens is 3. The zero-order valence-electron chi connectivity index (χ0n) is 11.1. The lowest BCUT2D eigenvalue weighted by Crippen LogP contribution is -2.32. The highest BCUT2D eigenvalue weighted by atomic mass is 16.2. The second-order valence-electron chi connectivity index (χ2n) is 4.82. The molecule has 1 aliphatic carbocycles. The SMILES string of the molecule is CCCNCc1cn(CC(=O)N(C)C2CC2)nn1. The summed E-state index contributed by atoms with van der Waals surface area (Å²) in [4.78, 5) is 13.7. The monoisotopic (exact) mass is 251 g/mol. The van der Waals surface area contributed by atoms with Gasteiger partial charge in [0, 0.05) is 19.6 Å². The molecule has 1 N–H and O–H groups in total. The van der Waals surface area contributed by atoms with Crippen molar-refractivity contribution in [1.82, 2.24) is 25.2 Å². The second-order valence-corrected chi connectivity index (χ2v) is 4.82. The van der Waals surface area contributed by atoms with Gasteiger partial charge < -0.3 is 10.2 Å². The van der Waals surface area contributed by atoms with E-state index in [1.165, 1.54) is 0 Å². The summed E-state index contributed by atoms with van der Waals surface area (Å²) in [5.74, 6) is 0.107. The van der Waals surface area contributed by atoms with Crippen LogP contribution in [0.2, 0.25) is 0 Å². The Labute approximate surface area is 107 Å². The number of carbonyl (C=O) groups excluding carboxylic acids is 1. The van der Waals surface area contributed by atoms with Gasteiger partial charge in [0.25, 0.3) is 0 Å². The molecule has 100 valence electrons. The van der Waals surface area contributed by atoms with Gasteiger partial charge in [-0.3, -0.25) is 4.79 Å². The molecule has 1 aromatic heterocycles. The van der Waals surface area contributed by atoms with Crippen LogP contribution in [0.4, 0.5) is 0 Å². The lowest BCUT2D eigenvalue weighted by atomic mass is 10.4. The van der Waals surface area contributed by atoms with E-state index >= 15 is 0 Å². The molecule has 0 aliphatic heterocycles. The predicted molar refractivity (Wildman–Crippen MR) is 67.8 cm³/mol. The van der Waals surface area contributed by atoms with Gasteiger partial charge in [-0.15, -0.1) is 5.10 Å². The zero-order valence-corrected chi connectivity index (χ0v) is 11.1. The van der Waals surface area contributed by atoms with Gasteiger partial charge in [-0.05, 0) is 25.8 Å². The number of nitrogens with one attached hydrogen (secondary N) is 1. The third-order valence-corrected chi connectivity index (χ3v) is 3.10. The number of hydrogen-bond acceptors (Lipinski definition) is 4. The summed E-state index contributed by atoms with van der Waals surface area (Å²) in [6, 6.07) is 0.451. The first-order chi connectivity index (χ1) is 8.70.